The molecule has 2 saturated heterocycles. The van der Waals surface area contributed by atoms with Crippen molar-refractivity contribution in [3.8, 4) is 0 Å². The summed E-state index contributed by atoms with van der Waals surface area (Å²) in [6, 6.07) is 4.36. The Morgan fingerprint density at radius 1 is 1.19 bits per heavy atom. The highest BCUT2D eigenvalue weighted by atomic mass is 19.2. The zero-order valence-electron chi connectivity index (χ0n) is 15.1. The number of nitrogens with zero attached hydrogens (tertiary/aromatic N) is 2. The van der Waals surface area contributed by atoms with Gasteiger partial charge in [0.2, 0.25) is 0 Å². The summed E-state index contributed by atoms with van der Waals surface area (Å²) in [5, 5.41) is 2.84. The van der Waals surface area contributed by atoms with Crippen molar-refractivity contribution in [1.82, 2.24) is 15.1 Å². The Hall–Kier alpha value is -1.95. The van der Waals surface area contributed by atoms with Crippen molar-refractivity contribution in [1.29, 1.82) is 0 Å². The lowest BCUT2D eigenvalue weighted by Gasteiger charge is -2.35. The minimum atomic E-state index is -0.779. The zero-order valence-corrected chi connectivity index (χ0v) is 15.1. The lowest BCUT2D eigenvalue weighted by Crippen LogP contribution is -2.40. The van der Waals surface area contributed by atoms with Gasteiger partial charge in [-0.25, -0.2) is 13.6 Å². The van der Waals surface area contributed by atoms with Crippen molar-refractivity contribution in [2.75, 3.05) is 32.7 Å². The van der Waals surface area contributed by atoms with Crippen LogP contribution in [0.1, 0.15) is 24.8 Å². The summed E-state index contributed by atoms with van der Waals surface area (Å²) >= 11 is 0. The maximum absolute atomic E-state index is 13.8. The Kier molecular flexibility index (Phi) is 6.25. The molecule has 2 aliphatic heterocycles. The Morgan fingerprint density at radius 2 is 1.92 bits per heavy atom. The van der Waals surface area contributed by atoms with Crippen LogP contribution in [-0.2, 0) is 6.54 Å². The van der Waals surface area contributed by atoms with Crippen LogP contribution in [0.15, 0.2) is 30.9 Å². The highest BCUT2D eigenvalue weighted by molar-refractivity contribution is 5.74. The van der Waals surface area contributed by atoms with E-state index in [0.29, 0.717) is 30.5 Å². The van der Waals surface area contributed by atoms with Gasteiger partial charge in [-0.15, -0.1) is 6.58 Å². The van der Waals surface area contributed by atoms with Gasteiger partial charge in [-0.1, -0.05) is 18.2 Å². The summed E-state index contributed by atoms with van der Waals surface area (Å²) in [5.41, 5.74) is 0.425. The van der Waals surface area contributed by atoms with Gasteiger partial charge in [-0.2, -0.15) is 0 Å². The first-order chi connectivity index (χ1) is 12.6. The van der Waals surface area contributed by atoms with E-state index in [2.05, 4.69) is 16.8 Å². The van der Waals surface area contributed by atoms with Crippen molar-refractivity contribution in [3.05, 3.63) is 48.1 Å². The average molecular weight is 363 g/mol. The summed E-state index contributed by atoms with van der Waals surface area (Å²) in [4.78, 5) is 16.1. The van der Waals surface area contributed by atoms with E-state index in [1.54, 1.807) is 18.2 Å². The molecule has 2 amide bonds. The molecule has 2 heterocycles. The Balaban J connectivity index is 1.46. The van der Waals surface area contributed by atoms with Gasteiger partial charge in [0, 0.05) is 31.7 Å². The Morgan fingerprint density at radius 3 is 2.65 bits per heavy atom. The average Bonchev–Trinajstić information content (AvgIpc) is 3.14. The number of hydrogen-bond acceptors (Lipinski definition) is 2. The van der Waals surface area contributed by atoms with Crippen LogP contribution in [0.5, 0.6) is 0 Å². The van der Waals surface area contributed by atoms with E-state index >= 15 is 0 Å². The number of piperidine rings is 1. The fraction of sp³-hybridized carbons (Fsp3) is 0.550. The van der Waals surface area contributed by atoms with Crippen LogP contribution in [0, 0.1) is 23.5 Å². The van der Waals surface area contributed by atoms with E-state index in [1.165, 1.54) is 0 Å². The Bertz CT molecular complexity index is 644. The van der Waals surface area contributed by atoms with E-state index in [1.807, 2.05) is 4.90 Å². The van der Waals surface area contributed by atoms with Crippen LogP contribution in [-0.4, -0.2) is 48.6 Å². The van der Waals surface area contributed by atoms with Gasteiger partial charge in [0.1, 0.15) is 0 Å². The molecule has 4 nitrogen and oxygen atoms in total. The number of amides is 2. The second-order valence-electron chi connectivity index (χ2n) is 7.30. The monoisotopic (exact) mass is 363 g/mol. The van der Waals surface area contributed by atoms with Gasteiger partial charge in [0.25, 0.3) is 0 Å². The van der Waals surface area contributed by atoms with Gasteiger partial charge < -0.3 is 10.2 Å². The van der Waals surface area contributed by atoms with E-state index in [4.69, 9.17) is 0 Å². The minimum Gasteiger partial charge on any atom is -0.335 e. The summed E-state index contributed by atoms with van der Waals surface area (Å²) in [6.45, 7) is 7.96. The standard InChI is InChI=1S/C20H27F2N3O/c1-2-9-23-20(26)25-12-8-16(14-25)15-6-10-24(11-7-15)13-17-4-3-5-18(21)19(17)22/h2-5,15-16H,1,6-14H2,(H,23,26)/t16-/m0/s1. The second kappa shape index (κ2) is 8.62. The molecule has 0 radical (unpaired) electrons. The summed E-state index contributed by atoms with van der Waals surface area (Å²) in [6.07, 6.45) is 4.82. The van der Waals surface area contributed by atoms with E-state index in [0.717, 1.165) is 51.5 Å². The number of hydrogen-bond donors (Lipinski definition) is 1. The SMILES string of the molecule is C=CCNC(=O)N1CC[C@H](C2CCN(Cc3cccc(F)c3F)CC2)C1. The third-order valence-corrected chi connectivity index (χ3v) is 5.63. The molecule has 1 aromatic carbocycles. The third-order valence-electron chi connectivity index (χ3n) is 5.63. The van der Waals surface area contributed by atoms with Crippen LogP contribution in [0.25, 0.3) is 0 Å². The fourth-order valence-electron chi connectivity index (χ4n) is 4.12. The lowest BCUT2D eigenvalue weighted by atomic mass is 9.83. The first-order valence-electron chi connectivity index (χ1n) is 9.37. The summed E-state index contributed by atoms with van der Waals surface area (Å²) in [7, 11) is 0. The number of carbonyl (C=O) groups is 1. The maximum atomic E-state index is 13.8. The maximum Gasteiger partial charge on any atom is 0.317 e. The third kappa shape index (κ3) is 4.41. The molecule has 26 heavy (non-hydrogen) atoms. The number of halogens is 2. The first-order valence-corrected chi connectivity index (χ1v) is 9.37. The highest BCUT2D eigenvalue weighted by Gasteiger charge is 2.33. The lowest BCUT2D eigenvalue weighted by molar-refractivity contribution is 0.140. The normalized spacial score (nSPS) is 21.8. The number of nitrogens with one attached hydrogen (secondary N) is 1. The number of rotatable bonds is 5. The molecule has 3 rings (SSSR count). The molecule has 0 aromatic heterocycles. The molecule has 1 N–H and O–H groups in total. The van der Waals surface area contributed by atoms with E-state index in [-0.39, 0.29) is 6.03 Å². The molecule has 1 aromatic rings. The minimum absolute atomic E-state index is 0.00795. The molecule has 2 fully saturated rings. The van der Waals surface area contributed by atoms with Crippen LogP contribution in [0.2, 0.25) is 0 Å². The number of urea groups is 1. The van der Waals surface area contributed by atoms with Gasteiger partial charge in [0.15, 0.2) is 11.6 Å². The van der Waals surface area contributed by atoms with Crippen molar-refractivity contribution >= 4 is 6.03 Å². The number of carbonyl (C=O) groups excluding carboxylic acids is 1. The van der Waals surface area contributed by atoms with Gasteiger partial charge in [0.05, 0.1) is 0 Å². The molecule has 0 saturated carbocycles. The largest absolute Gasteiger partial charge is 0.335 e. The quantitative estimate of drug-likeness (QED) is 0.814. The predicted molar refractivity (Wildman–Crippen MR) is 97.6 cm³/mol. The van der Waals surface area contributed by atoms with Gasteiger partial charge in [-0.05, 0) is 50.3 Å². The highest BCUT2D eigenvalue weighted by Crippen LogP contribution is 2.32. The van der Waals surface area contributed by atoms with Gasteiger partial charge >= 0.3 is 6.03 Å². The smallest absolute Gasteiger partial charge is 0.317 e. The van der Waals surface area contributed by atoms with Crippen molar-refractivity contribution in [2.24, 2.45) is 11.8 Å². The van der Waals surface area contributed by atoms with E-state index in [9.17, 15) is 13.6 Å². The predicted octanol–water partition coefficient (Wildman–Crippen LogP) is 3.39. The summed E-state index contributed by atoms with van der Waals surface area (Å²) < 4.78 is 27.2. The van der Waals surface area contributed by atoms with E-state index < -0.39 is 11.6 Å². The van der Waals surface area contributed by atoms with Crippen LogP contribution < -0.4 is 5.32 Å². The molecule has 1 atom stereocenters. The Labute approximate surface area is 153 Å². The van der Waals surface area contributed by atoms with Crippen molar-refractivity contribution in [3.63, 3.8) is 0 Å². The fourth-order valence-corrected chi connectivity index (χ4v) is 4.12. The molecule has 0 bridgehead atoms. The van der Waals surface area contributed by atoms with Crippen LogP contribution in [0.3, 0.4) is 0 Å². The molecular formula is C20H27F2N3O. The number of likely N-dealkylation sites (tertiary alicyclic amines) is 2. The second-order valence-corrected chi connectivity index (χ2v) is 7.30. The van der Waals surface area contributed by atoms with Gasteiger partial charge in [-0.3, -0.25) is 4.90 Å². The summed E-state index contributed by atoms with van der Waals surface area (Å²) in [5.74, 6) is -0.372. The molecule has 6 heteroatoms. The molecular weight excluding hydrogens is 336 g/mol. The molecule has 0 aliphatic carbocycles. The molecule has 2 aliphatic rings. The number of benzene rings is 1. The van der Waals surface area contributed by atoms with Crippen LogP contribution >= 0.6 is 0 Å². The molecule has 0 spiro atoms. The zero-order chi connectivity index (χ0) is 18.5. The van der Waals surface area contributed by atoms with Crippen molar-refractivity contribution in [2.45, 2.75) is 25.8 Å². The topological polar surface area (TPSA) is 35.6 Å². The first kappa shape index (κ1) is 18.8. The molecule has 0 unspecified atom stereocenters. The van der Waals surface area contributed by atoms with Crippen LogP contribution in [0.4, 0.5) is 13.6 Å². The van der Waals surface area contributed by atoms with Crippen molar-refractivity contribution < 1.29 is 13.6 Å². The molecule has 142 valence electrons.